The molecule has 0 aromatic heterocycles. The molecule has 0 spiro atoms. The van der Waals surface area contributed by atoms with E-state index in [0.717, 1.165) is 11.1 Å². The Balaban J connectivity index is 2.13. The van der Waals surface area contributed by atoms with E-state index >= 15 is 0 Å². The summed E-state index contributed by atoms with van der Waals surface area (Å²) in [5.41, 5.74) is 2.29. The predicted molar refractivity (Wildman–Crippen MR) is 83.6 cm³/mol. The maximum Gasteiger partial charge on any atom is 0.138 e. The van der Waals surface area contributed by atoms with Crippen LogP contribution < -0.4 is 0 Å². The van der Waals surface area contributed by atoms with Crippen LogP contribution in [-0.2, 0) is 13.1 Å². The minimum absolute atomic E-state index is 0.338. The fourth-order valence-electron chi connectivity index (χ4n) is 2.36. The second kappa shape index (κ2) is 7.91. The molecule has 0 radical (unpaired) electrons. The first-order chi connectivity index (χ1) is 10.2. The first-order valence-corrected chi connectivity index (χ1v) is 7.27. The van der Waals surface area contributed by atoms with Crippen molar-refractivity contribution >= 4 is 0 Å². The van der Waals surface area contributed by atoms with Gasteiger partial charge in [0.2, 0.25) is 0 Å². The molecule has 0 fully saturated rings. The SMILES string of the molecule is CC(C(F)CO)N(Cc1ccccc1)Cc1ccccc1. The van der Waals surface area contributed by atoms with Gasteiger partial charge in [-0.2, -0.15) is 0 Å². The Morgan fingerprint density at radius 1 is 0.905 bits per heavy atom. The minimum atomic E-state index is -1.24. The van der Waals surface area contributed by atoms with Crippen molar-refractivity contribution in [2.75, 3.05) is 6.61 Å². The summed E-state index contributed by atoms with van der Waals surface area (Å²) in [5.74, 6) is 0. The monoisotopic (exact) mass is 287 g/mol. The average Bonchev–Trinajstić information content (AvgIpc) is 2.54. The van der Waals surface area contributed by atoms with Gasteiger partial charge in [0.1, 0.15) is 6.17 Å². The van der Waals surface area contributed by atoms with Crippen LogP contribution in [0.2, 0.25) is 0 Å². The van der Waals surface area contributed by atoms with Gasteiger partial charge in [0.25, 0.3) is 0 Å². The van der Waals surface area contributed by atoms with Gasteiger partial charge in [0.15, 0.2) is 0 Å². The van der Waals surface area contributed by atoms with Gasteiger partial charge in [-0.3, -0.25) is 4.90 Å². The van der Waals surface area contributed by atoms with E-state index in [0.29, 0.717) is 13.1 Å². The minimum Gasteiger partial charge on any atom is -0.393 e. The molecule has 0 aliphatic rings. The fraction of sp³-hybridized carbons (Fsp3) is 0.333. The summed E-state index contributed by atoms with van der Waals surface area (Å²) >= 11 is 0. The Morgan fingerprint density at radius 2 is 1.33 bits per heavy atom. The van der Waals surface area contributed by atoms with Crippen LogP contribution in [0, 0.1) is 0 Å². The molecule has 21 heavy (non-hydrogen) atoms. The fourth-order valence-corrected chi connectivity index (χ4v) is 2.36. The number of halogens is 1. The molecule has 0 saturated heterocycles. The van der Waals surface area contributed by atoms with Gasteiger partial charge in [-0.1, -0.05) is 60.7 Å². The lowest BCUT2D eigenvalue weighted by molar-refractivity contribution is 0.0673. The molecule has 2 atom stereocenters. The molecule has 1 N–H and O–H groups in total. The van der Waals surface area contributed by atoms with Gasteiger partial charge >= 0.3 is 0 Å². The summed E-state index contributed by atoms with van der Waals surface area (Å²) < 4.78 is 13.9. The van der Waals surface area contributed by atoms with Gasteiger partial charge < -0.3 is 5.11 Å². The van der Waals surface area contributed by atoms with Crippen molar-refractivity contribution in [3.63, 3.8) is 0 Å². The lowest BCUT2D eigenvalue weighted by Crippen LogP contribution is -2.40. The third-order valence-corrected chi connectivity index (χ3v) is 3.73. The van der Waals surface area contributed by atoms with E-state index in [1.54, 1.807) is 0 Å². The highest BCUT2D eigenvalue weighted by Crippen LogP contribution is 2.16. The quantitative estimate of drug-likeness (QED) is 0.843. The summed E-state index contributed by atoms with van der Waals surface area (Å²) in [6, 6.07) is 19.7. The van der Waals surface area contributed by atoms with Crippen molar-refractivity contribution in [1.29, 1.82) is 0 Å². The Morgan fingerprint density at radius 3 is 1.71 bits per heavy atom. The molecule has 2 unspecified atom stereocenters. The van der Waals surface area contributed by atoms with Crippen LogP contribution in [0.1, 0.15) is 18.1 Å². The van der Waals surface area contributed by atoms with Gasteiger partial charge in [0.05, 0.1) is 6.61 Å². The topological polar surface area (TPSA) is 23.5 Å². The zero-order valence-corrected chi connectivity index (χ0v) is 12.3. The lowest BCUT2D eigenvalue weighted by Gasteiger charge is -2.31. The van der Waals surface area contributed by atoms with E-state index in [1.807, 2.05) is 67.6 Å². The number of nitrogens with zero attached hydrogens (tertiary/aromatic N) is 1. The molecule has 0 amide bonds. The van der Waals surface area contributed by atoms with E-state index in [4.69, 9.17) is 5.11 Å². The molecule has 2 nitrogen and oxygen atoms in total. The summed E-state index contributed by atoms with van der Waals surface area (Å²) in [4.78, 5) is 2.06. The molecule has 2 aromatic carbocycles. The van der Waals surface area contributed by atoms with Crippen molar-refractivity contribution in [1.82, 2.24) is 4.90 Å². The smallest absolute Gasteiger partial charge is 0.138 e. The van der Waals surface area contributed by atoms with Gasteiger partial charge in [-0.15, -0.1) is 0 Å². The summed E-state index contributed by atoms with van der Waals surface area (Å²) in [5, 5.41) is 9.08. The van der Waals surface area contributed by atoms with Crippen LogP contribution in [0.3, 0.4) is 0 Å². The molecular formula is C18H22FNO. The first-order valence-electron chi connectivity index (χ1n) is 7.27. The number of aliphatic hydroxyl groups is 1. The molecule has 0 aliphatic heterocycles. The number of alkyl halides is 1. The molecule has 2 aromatic rings. The highest BCUT2D eigenvalue weighted by molar-refractivity contribution is 5.17. The van der Waals surface area contributed by atoms with Crippen LogP contribution in [0.25, 0.3) is 0 Å². The largest absolute Gasteiger partial charge is 0.393 e. The summed E-state index contributed by atoms with van der Waals surface area (Å²) in [7, 11) is 0. The normalized spacial score (nSPS) is 14.1. The molecule has 0 bridgehead atoms. The van der Waals surface area contributed by atoms with Crippen molar-refractivity contribution in [2.45, 2.75) is 32.2 Å². The molecule has 112 valence electrons. The number of hydrogen-bond acceptors (Lipinski definition) is 2. The van der Waals surface area contributed by atoms with E-state index in [1.165, 1.54) is 0 Å². The first kappa shape index (κ1) is 15.7. The highest BCUT2D eigenvalue weighted by Gasteiger charge is 2.23. The van der Waals surface area contributed by atoms with E-state index in [9.17, 15) is 4.39 Å². The number of aliphatic hydroxyl groups excluding tert-OH is 1. The summed E-state index contributed by atoms with van der Waals surface area (Å²) in [6.45, 7) is 2.71. The molecule has 0 saturated carbocycles. The molecule has 0 aliphatic carbocycles. The Kier molecular flexibility index (Phi) is 5.90. The maximum absolute atomic E-state index is 13.9. The predicted octanol–water partition coefficient (Wildman–Crippen LogP) is 3.41. The van der Waals surface area contributed by atoms with Crippen molar-refractivity contribution < 1.29 is 9.50 Å². The number of hydrogen-bond donors (Lipinski definition) is 1. The van der Waals surface area contributed by atoms with Crippen LogP contribution in [0.5, 0.6) is 0 Å². The van der Waals surface area contributed by atoms with E-state index in [2.05, 4.69) is 4.90 Å². The van der Waals surface area contributed by atoms with Gasteiger partial charge in [0, 0.05) is 19.1 Å². The average molecular weight is 287 g/mol. The van der Waals surface area contributed by atoms with Crippen molar-refractivity contribution in [3.8, 4) is 0 Å². The van der Waals surface area contributed by atoms with E-state index in [-0.39, 0.29) is 6.04 Å². The second-order valence-electron chi connectivity index (χ2n) is 5.32. The number of benzene rings is 2. The standard InChI is InChI=1S/C18H22FNO/c1-15(18(19)14-21)20(12-16-8-4-2-5-9-16)13-17-10-6-3-7-11-17/h2-11,15,18,21H,12-14H2,1H3. The van der Waals surface area contributed by atoms with Gasteiger partial charge in [-0.05, 0) is 18.1 Å². The highest BCUT2D eigenvalue weighted by atomic mass is 19.1. The molecule has 2 rings (SSSR count). The van der Waals surface area contributed by atoms with Crippen LogP contribution in [0.4, 0.5) is 4.39 Å². The van der Waals surface area contributed by atoms with Crippen molar-refractivity contribution in [3.05, 3.63) is 71.8 Å². The Bertz CT molecular complexity index is 476. The summed E-state index contributed by atoms with van der Waals surface area (Å²) in [6.07, 6.45) is -1.24. The Hall–Kier alpha value is -1.71. The van der Waals surface area contributed by atoms with Crippen molar-refractivity contribution in [2.24, 2.45) is 0 Å². The third kappa shape index (κ3) is 4.66. The number of rotatable bonds is 7. The van der Waals surface area contributed by atoms with E-state index < -0.39 is 12.8 Å². The maximum atomic E-state index is 13.9. The molecular weight excluding hydrogens is 265 g/mol. The second-order valence-corrected chi connectivity index (χ2v) is 5.32. The van der Waals surface area contributed by atoms with Crippen LogP contribution in [0.15, 0.2) is 60.7 Å². The zero-order chi connectivity index (χ0) is 15.1. The molecule has 3 heteroatoms. The van der Waals surface area contributed by atoms with Gasteiger partial charge in [-0.25, -0.2) is 4.39 Å². The Labute approximate surface area is 125 Å². The van der Waals surface area contributed by atoms with Crippen LogP contribution in [-0.4, -0.2) is 28.8 Å². The third-order valence-electron chi connectivity index (χ3n) is 3.73. The molecule has 0 heterocycles. The lowest BCUT2D eigenvalue weighted by atomic mass is 10.1. The zero-order valence-electron chi connectivity index (χ0n) is 12.3. The van der Waals surface area contributed by atoms with Crippen LogP contribution >= 0.6 is 0 Å².